The highest BCUT2D eigenvalue weighted by Crippen LogP contribution is 2.40. The number of hydrogen-bond donors (Lipinski definition) is 2. The molecular weight excluding hydrogens is 229 g/mol. The van der Waals surface area contributed by atoms with E-state index in [1.165, 1.54) is 18.9 Å². The van der Waals surface area contributed by atoms with Crippen LogP contribution in [-0.2, 0) is 5.41 Å². The Morgan fingerprint density at radius 2 is 2.11 bits per heavy atom. The van der Waals surface area contributed by atoms with Crippen molar-refractivity contribution >= 4 is 0 Å². The summed E-state index contributed by atoms with van der Waals surface area (Å²) in [4.78, 5) is 0. The summed E-state index contributed by atoms with van der Waals surface area (Å²) >= 11 is 0. The standard InChI is InChI=1S/C15H22FNO/c1-12(10-18)17-11-15(7-2-3-8-15)13-5-4-6-14(16)9-13/h4-6,9,12,17-18H,2-3,7-8,10-11H2,1H3/t12-/m0/s1. The van der Waals surface area contributed by atoms with E-state index in [2.05, 4.69) is 5.32 Å². The van der Waals surface area contributed by atoms with Crippen molar-refractivity contribution in [3.8, 4) is 0 Å². The second kappa shape index (κ2) is 5.81. The van der Waals surface area contributed by atoms with E-state index < -0.39 is 0 Å². The molecule has 0 saturated heterocycles. The van der Waals surface area contributed by atoms with Gasteiger partial charge in [0, 0.05) is 18.0 Å². The summed E-state index contributed by atoms with van der Waals surface area (Å²) in [5, 5.41) is 12.4. The molecule has 2 N–H and O–H groups in total. The van der Waals surface area contributed by atoms with Crippen LogP contribution in [0.1, 0.15) is 38.2 Å². The SMILES string of the molecule is C[C@@H](CO)NCC1(c2cccc(F)c2)CCCC1. The Hall–Kier alpha value is -0.930. The van der Waals surface area contributed by atoms with Crippen molar-refractivity contribution in [1.82, 2.24) is 5.32 Å². The Morgan fingerprint density at radius 1 is 1.39 bits per heavy atom. The Balaban J connectivity index is 2.16. The van der Waals surface area contributed by atoms with Crippen molar-refractivity contribution < 1.29 is 9.50 Å². The van der Waals surface area contributed by atoms with Crippen LogP contribution in [0.2, 0.25) is 0 Å². The largest absolute Gasteiger partial charge is 0.395 e. The first-order chi connectivity index (χ1) is 8.66. The molecule has 1 saturated carbocycles. The third kappa shape index (κ3) is 2.90. The van der Waals surface area contributed by atoms with Crippen LogP contribution in [0.25, 0.3) is 0 Å². The predicted octanol–water partition coefficient (Wildman–Crippen LogP) is 2.61. The first-order valence-electron chi connectivity index (χ1n) is 6.77. The van der Waals surface area contributed by atoms with E-state index in [9.17, 15) is 4.39 Å². The van der Waals surface area contributed by atoms with Gasteiger partial charge in [-0.25, -0.2) is 4.39 Å². The topological polar surface area (TPSA) is 32.3 Å². The number of benzene rings is 1. The van der Waals surface area contributed by atoms with E-state index in [1.54, 1.807) is 12.1 Å². The van der Waals surface area contributed by atoms with Crippen LogP contribution >= 0.6 is 0 Å². The summed E-state index contributed by atoms with van der Waals surface area (Å²) in [6.07, 6.45) is 4.60. The molecular formula is C15H22FNO. The third-order valence-corrected chi connectivity index (χ3v) is 4.06. The molecule has 1 aromatic rings. The zero-order valence-electron chi connectivity index (χ0n) is 11.0. The van der Waals surface area contributed by atoms with Crippen molar-refractivity contribution in [2.45, 2.75) is 44.1 Å². The second-order valence-corrected chi connectivity index (χ2v) is 5.46. The first kappa shape index (κ1) is 13.5. The molecule has 1 aliphatic rings. The minimum Gasteiger partial charge on any atom is -0.395 e. The van der Waals surface area contributed by atoms with E-state index in [4.69, 9.17) is 5.11 Å². The Morgan fingerprint density at radius 3 is 2.72 bits per heavy atom. The molecule has 0 heterocycles. The van der Waals surface area contributed by atoms with Crippen LogP contribution in [-0.4, -0.2) is 24.3 Å². The molecule has 2 nitrogen and oxygen atoms in total. The average molecular weight is 251 g/mol. The normalized spacial score (nSPS) is 19.9. The molecule has 0 amide bonds. The van der Waals surface area contributed by atoms with Gasteiger partial charge in [-0.2, -0.15) is 0 Å². The lowest BCUT2D eigenvalue weighted by molar-refractivity contribution is 0.241. The molecule has 0 unspecified atom stereocenters. The van der Waals surface area contributed by atoms with E-state index >= 15 is 0 Å². The van der Waals surface area contributed by atoms with Crippen molar-refractivity contribution in [2.75, 3.05) is 13.2 Å². The minimum atomic E-state index is -0.158. The van der Waals surface area contributed by atoms with Gasteiger partial charge in [-0.3, -0.25) is 0 Å². The van der Waals surface area contributed by atoms with Gasteiger partial charge >= 0.3 is 0 Å². The predicted molar refractivity (Wildman–Crippen MR) is 71.1 cm³/mol. The smallest absolute Gasteiger partial charge is 0.123 e. The lowest BCUT2D eigenvalue weighted by atomic mass is 9.78. The van der Waals surface area contributed by atoms with Gasteiger partial charge in [0.1, 0.15) is 5.82 Å². The minimum absolute atomic E-state index is 0.0472. The van der Waals surface area contributed by atoms with E-state index in [0.29, 0.717) is 0 Å². The molecule has 3 heteroatoms. The average Bonchev–Trinajstić information content (AvgIpc) is 2.86. The maximum atomic E-state index is 13.4. The van der Waals surface area contributed by atoms with Crippen molar-refractivity contribution in [3.05, 3.63) is 35.6 Å². The second-order valence-electron chi connectivity index (χ2n) is 5.46. The zero-order chi connectivity index (χ0) is 13.0. The summed E-state index contributed by atoms with van der Waals surface area (Å²) in [6, 6.07) is 7.07. The van der Waals surface area contributed by atoms with Gasteiger partial charge in [-0.05, 0) is 37.5 Å². The fraction of sp³-hybridized carbons (Fsp3) is 0.600. The highest BCUT2D eigenvalue weighted by molar-refractivity contribution is 5.28. The number of hydrogen-bond acceptors (Lipinski definition) is 2. The summed E-state index contributed by atoms with van der Waals surface area (Å²) in [5.74, 6) is -0.158. The molecule has 0 bridgehead atoms. The molecule has 1 fully saturated rings. The first-order valence-corrected chi connectivity index (χ1v) is 6.77. The van der Waals surface area contributed by atoms with Gasteiger partial charge in [0.15, 0.2) is 0 Å². The molecule has 1 aliphatic carbocycles. The molecule has 100 valence electrons. The fourth-order valence-corrected chi connectivity index (χ4v) is 2.87. The van der Waals surface area contributed by atoms with Crippen LogP contribution in [0, 0.1) is 5.82 Å². The van der Waals surface area contributed by atoms with Crippen molar-refractivity contribution in [2.24, 2.45) is 0 Å². The van der Waals surface area contributed by atoms with Gasteiger partial charge in [0.05, 0.1) is 6.61 Å². The fourth-order valence-electron chi connectivity index (χ4n) is 2.87. The molecule has 2 rings (SSSR count). The molecule has 1 atom stereocenters. The summed E-state index contributed by atoms with van der Waals surface area (Å²) in [7, 11) is 0. The molecule has 0 spiro atoms. The summed E-state index contributed by atoms with van der Waals surface area (Å²) in [6.45, 7) is 2.92. The molecule has 0 aromatic heterocycles. The van der Waals surface area contributed by atoms with Gasteiger partial charge in [-0.15, -0.1) is 0 Å². The molecule has 0 aliphatic heterocycles. The monoisotopic (exact) mass is 251 g/mol. The highest BCUT2D eigenvalue weighted by atomic mass is 19.1. The lowest BCUT2D eigenvalue weighted by Crippen LogP contribution is -2.41. The number of halogens is 1. The highest BCUT2D eigenvalue weighted by Gasteiger charge is 2.35. The van der Waals surface area contributed by atoms with Gasteiger partial charge in [0.25, 0.3) is 0 Å². The van der Waals surface area contributed by atoms with Crippen LogP contribution in [0.5, 0.6) is 0 Å². The summed E-state index contributed by atoms with van der Waals surface area (Å²) in [5.41, 5.74) is 1.14. The van der Waals surface area contributed by atoms with Crippen LogP contribution in [0.15, 0.2) is 24.3 Å². The zero-order valence-corrected chi connectivity index (χ0v) is 11.0. The van der Waals surface area contributed by atoms with Crippen LogP contribution in [0.4, 0.5) is 4.39 Å². The third-order valence-electron chi connectivity index (χ3n) is 4.06. The maximum Gasteiger partial charge on any atom is 0.123 e. The van der Waals surface area contributed by atoms with E-state index in [1.807, 2.05) is 13.0 Å². The van der Waals surface area contributed by atoms with Gasteiger partial charge in [0.2, 0.25) is 0 Å². The van der Waals surface area contributed by atoms with Crippen molar-refractivity contribution in [1.29, 1.82) is 0 Å². The molecule has 1 aromatic carbocycles. The van der Waals surface area contributed by atoms with Crippen LogP contribution < -0.4 is 5.32 Å². The molecule has 18 heavy (non-hydrogen) atoms. The van der Waals surface area contributed by atoms with Crippen LogP contribution in [0.3, 0.4) is 0 Å². The Bertz CT molecular complexity index is 388. The summed E-state index contributed by atoms with van der Waals surface area (Å²) < 4.78 is 13.4. The maximum absolute atomic E-state index is 13.4. The number of aliphatic hydroxyl groups excluding tert-OH is 1. The number of nitrogens with one attached hydrogen (secondary N) is 1. The van der Waals surface area contributed by atoms with Gasteiger partial charge in [-0.1, -0.05) is 25.0 Å². The van der Waals surface area contributed by atoms with E-state index in [0.717, 1.165) is 24.9 Å². The Labute approximate surface area is 108 Å². The number of rotatable bonds is 5. The van der Waals surface area contributed by atoms with E-state index in [-0.39, 0.29) is 23.9 Å². The molecule has 0 radical (unpaired) electrons. The van der Waals surface area contributed by atoms with Gasteiger partial charge < -0.3 is 10.4 Å². The number of aliphatic hydroxyl groups is 1. The lowest BCUT2D eigenvalue weighted by Gasteiger charge is -2.31. The Kier molecular flexibility index (Phi) is 4.36. The quantitative estimate of drug-likeness (QED) is 0.843. The van der Waals surface area contributed by atoms with Crippen molar-refractivity contribution in [3.63, 3.8) is 0 Å².